The van der Waals surface area contributed by atoms with Gasteiger partial charge in [-0.2, -0.15) is 0 Å². The van der Waals surface area contributed by atoms with Crippen LogP contribution in [-0.2, 0) is 0 Å². The smallest absolute Gasteiger partial charge is 0.201 e. The second-order valence-electron chi connectivity index (χ2n) is 2.53. The molecule has 0 saturated heterocycles. The summed E-state index contributed by atoms with van der Waals surface area (Å²) in [6, 6.07) is 3.69. The van der Waals surface area contributed by atoms with Gasteiger partial charge in [0.15, 0.2) is 0 Å². The fourth-order valence-electron chi connectivity index (χ4n) is 1.14. The van der Waals surface area contributed by atoms with Gasteiger partial charge in [-0.1, -0.05) is 0 Å². The van der Waals surface area contributed by atoms with Crippen molar-refractivity contribution in [3.05, 3.63) is 21.9 Å². The van der Waals surface area contributed by atoms with Crippen molar-refractivity contribution in [2.45, 2.75) is 0 Å². The van der Waals surface area contributed by atoms with Gasteiger partial charge in [0.25, 0.3) is 0 Å². The van der Waals surface area contributed by atoms with Crippen molar-refractivity contribution in [1.29, 1.82) is 0 Å². The Bertz CT molecular complexity index is 455. The summed E-state index contributed by atoms with van der Waals surface area (Å²) in [4.78, 5) is 7.01. The van der Waals surface area contributed by atoms with E-state index < -0.39 is 0 Å². The molecule has 0 bridgehead atoms. The van der Waals surface area contributed by atoms with Crippen LogP contribution in [0.25, 0.3) is 11.0 Å². The number of benzene rings is 1. The number of imidazole rings is 1. The summed E-state index contributed by atoms with van der Waals surface area (Å²) in [5.74, 6) is 0.764. The molecule has 0 aliphatic heterocycles. The molecule has 0 saturated carbocycles. The molecule has 0 spiro atoms. The lowest BCUT2D eigenvalue weighted by Crippen LogP contribution is -1.82. The predicted molar refractivity (Wildman–Crippen MR) is 55.4 cm³/mol. The number of ether oxygens (including phenoxy) is 1. The van der Waals surface area contributed by atoms with Crippen molar-refractivity contribution in [2.75, 3.05) is 7.11 Å². The monoisotopic (exact) mass is 260 g/mol. The lowest BCUT2D eigenvalue weighted by atomic mass is 10.3. The van der Waals surface area contributed by atoms with Gasteiger partial charge in [-0.25, -0.2) is 4.98 Å². The normalized spacial score (nSPS) is 10.7. The standard InChI is InChI=1S/C8H6BrClN2O/c1-13-4-2-5(9)7-6(3-4)11-8(10)12-7/h2-3H,1H3,(H,11,12). The summed E-state index contributed by atoms with van der Waals surface area (Å²) in [6.07, 6.45) is 0. The molecule has 1 N–H and O–H groups in total. The second-order valence-corrected chi connectivity index (χ2v) is 3.75. The first-order chi connectivity index (χ1) is 6.20. The minimum atomic E-state index is 0.379. The van der Waals surface area contributed by atoms with Crippen molar-refractivity contribution in [2.24, 2.45) is 0 Å². The summed E-state index contributed by atoms with van der Waals surface area (Å²) in [5, 5.41) is 0.379. The summed E-state index contributed by atoms with van der Waals surface area (Å²) >= 11 is 9.10. The number of fused-ring (bicyclic) bond motifs is 1. The third kappa shape index (κ3) is 1.51. The van der Waals surface area contributed by atoms with Gasteiger partial charge in [0.1, 0.15) is 11.3 Å². The zero-order valence-electron chi connectivity index (χ0n) is 6.77. The van der Waals surface area contributed by atoms with E-state index >= 15 is 0 Å². The molecule has 0 aliphatic carbocycles. The third-order valence-corrected chi connectivity index (χ3v) is 2.50. The minimum Gasteiger partial charge on any atom is -0.497 e. The Kier molecular flexibility index (Phi) is 2.17. The number of halogens is 2. The quantitative estimate of drug-likeness (QED) is 0.857. The van der Waals surface area contributed by atoms with Crippen LogP contribution in [0.1, 0.15) is 0 Å². The topological polar surface area (TPSA) is 37.9 Å². The Morgan fingerprint density at radius 3 is 3.00 bits per heavy atom. The van der Waals surface area contributed by atoms with Gasteiger partial charge in [0.2, 0.25) is 5.28 Å². The molecule has 2 aromatic rings. The molecule has 2 rings (SSSR count). The molecule has 1 aromatic carbocycles. The molecule has 68 valence electrons. The molecule has 0 unspecified atom stereocenters. The summed E-state index contributed by atoms with van der Waals surface area (Å²) in [6.45, 7) is 0. The second kappa shape index (κ2) is 3.20. The van der Waals surface area contributed by atoms with Crippen LogP contribution in [0, 0.1) is 0 Å². The number of rotatable bonds is 1. The van der Waals surface area contributed by atoms with Crippen molar-refractivity contribution < 1.29 is 4.74 Å². The maximum Gasteiger partial charge on any atom is 0.201 e. The highest BCUT2D eigenvalue weighted by Crippen LogP contribution is 2.28. The van der Waals surface area contributed by atoms with Crippen LogP contribution in [0.15, 0.2) is 16.6 Å². The average Bonchev–Trinajstić information content (AvgIpc) is 2.46. The molecule has 0 radical (unpaired) electrons. The van der Waals surface area contributed by atoms with Gasteiger partial charge < -0.3 is 9.72 Å². The Morgan fingerprint density at radius 1 is 1.54 bits per heavy atom. The lowest BCUT2D eigenvalue weighted by molar-refractivity contribution is 0.415. The van der Waals surface area contributed by atoms with E-state index in [0.717, 1.165) is 21.3 Å². The van der Waals surface area contributed by atoms with Crippen LogP contribution in [0.4, 0.5) is 0 Å². The number of aromatic nitrogens is 2. The molecule has 3 nitrogen and oxygen atoms in total. The summed E-state index contributed by atoms with van der Waals surface area (Å²) < 4.78 is 5.96. The molecule has 0 atom stereocenters. The first-order valence-electron chi connectivity index (χ1n) is 3.59. The highest BCUT2D eigenvalue weighted by molar-refractivity contribution is 9.10. The molecule has 0 aliphatic rings. The van der Waals surface area contributed by atoms with E-state index in [-0.39, 0.29) is 0 Å². The Hall–Kier alpha value is -0.740. The molecule has 1 heterocycles. The molecular weight excluding hydrogens is 255 g/mol. The number of H-pyrrole nitrogens is 1. The van der Waals surface area contributed by atoms with E-state index in [2.05, 4.69) is 25.9 Å². The van der Waals surface area contributed by atoms with Crippen LogP contribution in [0.5, 0.6) is 5.75 Å². The Morgan fingerprint density at radius 2 is 2.31 bits per heavy atom. The first-order valence-corrected chi connectivity index (χ1v) is 4.76. The summed E-state index contributed by atoms with van der Waals surface area (Å²) in [5.41, 5.74) is 1.67. The number of methoxy groups -OCH3 is 1. The zero-order valence-corrected chi connectivity index (χ0v) is 9.11. The van der Waals surface area contributed by atoms with E-state index in [9.17, 15) is 0 Å². The maximum atomic E-state index is 5.72. The highest BCUT2D eigenvalue weighted by Gasteiger charge is 2.06. The number of hydrogen-bond acceptors (Lipinski definition) is 2. The van der Waals surface area contributed by atoms with Crippen LogP contribution in [-0.4, -0.2) is 17.1 Å². The van der Waals surface area contributed by atoms with Gasteiger partial charge >= 0.3 is 0 Å². The fraction of sp³-hybridized carbons (Fsp3) is 0.125. The Labute approximate surface area is 88.2 Å². The summed E-state index contributed by atoms with van der Waals surface area (Å²) in [7, 11) is 1.62. The van der Waals surface area contributed by atoms with Crippen molar-refractivity contribution in [1.82, 2.24) is 9.97 Å². The maximum absolute atomic E-state index is 5.72. The van der Waals surface area contributed by atoms with E-state index in [1.807, 2.05) is 12.1 Å². The molecule has 5 heteroatoms. The largest absolute Gasteiger partial charge is 0.497 e. The van der Waals surface area contributed by atoms with Crippen LogP contribution >= 0.6 is 27.5 Å². The average molecular weight is 262 g/mol. The SMILES string of the molecule is COc1cc(Br)c2nc(Cl)[nH]c2c1. The van der Waals surface area contributed by atoms with Crippen molar-refractivity contribution in [3.8, 4) is 5.75 Å². The predicted octanol–water partition coefficient (Wildman–Crippen LogP) is 2.99. The van der Waals surface area contributed by atoms with Crippen molar-refractivity contribution >= 4 is 38.6 Å². The zero-order chi connectivity index (χ0) is 9.42. The molecular formula is C8H6BrClN2O. The Balaban J connectivity index is 2.75. The number of nitrogens with one attached hydrogen (secondary N) is 1. The fourth-order valence-corrected chi connectivity index (χ4v) is 1.85. The number of hydrogen-bond donors (Lipinski definition) is 1. The number of aromatic amines is 1. The van der Waals surface area contributed by atoms with Gasteiger partial charge in [0, 0.05) is 10.5 Å². The van der Waals surface area contributed by atoms with Gasteiger partial charge in [-0.3, -0.25) is 0 Å². The van der Waals surface area contributed by atoms with Crippen molar-refractivity contribution in [3.63, 3.8) is 0 Å². The van der Waals surface area contributed by atoms with Gasteiger partial charge in [-0.05, 0) is 33.6 Å². The lowest BCUT2D eigenvalue weighted by Gasteiger charge is -1.99. The van der Waals surface area contributed by atoms with Crippen LogP contribution in [0.3, 0.4) is 0 Å². The molecule has 0 fully saturated rings. The highest BCUT2D eigenvalue weighted by atomic mass is 79.9. The van der Waals surface area contributed by atoms with E-state index in [1.165, 1.54) is 0 Å². The molecule has 13 heavy (non-hydrogen) atoms. The van der Waals surface area contributed by atoms with E-state index in [0.29, 0.717) is 5.28 Å². The van der Waals surface area contributed by atoms with E-state index in [4.69, 9.17) is 16.3 Å². The third-order valence-electron chi connectivity index (χ3n) is 1.72. The minimum absolute atomic E-state index is 0.379. The van der Waals surface area contributed by atoms with Gasteiger partial charge in [-0.15, -0.1) is 0 Å². The molecule has 1 aromatic heterocycles. The van der Waals surface area contributed by atoms with Crippen LogP contribution in [0.2, 0.25) is 5.28 Å². The van der Waals surface area contributed by atoms with Crippen LogP contribution < -0.4 is 4.74 Å². The number of nitrogens with zero attached hydrogens (tertiary/aromatic N) is 1. The van der Waals surface area contributed by atoms with E-state index in [1.54, 1.807) is 7.11 Å². The van der Waals surface area contributed by atoms with Gasteiger partial charge in [0.05, 0.1) is 12.6 Å². The first kappa shape index (κ1) is 8.84. The molecule has 0 amide bonds.